The first-order valence-corrected chi connectivity index (χ1v) is 12.9. The SMILES string of the molecule is Cc1cc(C)nc(Nc2ccc(C(=O)NCc3ccc(S(=O)(=O)N4CCN(C)CC4)cc3)cc2)n1. The lowest BCUT2D eigenvalue weighted by Crippen LogP contribution is -2.47. The third-order valence-electron chi connectivity index (χ3n) is 5.86. The van der Waals surface area contributed by atoms with Gasteiger partial charge in [0.2, 0.25) is 16.0 Å². The van der Waals surface area contributed by atoms with E-state index in [0.29, 0.717) is 31.1 Å². The molecule has 10 heteroatoms. The van der Waals surface area contributed by atoms with Gasteiger partial charge in [-0.3, -0.25) is 4.79 Å². The van der Waals surface area contributed by atoms with Gasteiger partial charge in [0, 0.05) is 55.4 Å². The summed E-state index contributed by atoms with van der Waals surface area (Å²) in [7, 11) is -1.52. The van der Waals surface area contributed by atoms with Crippen LogP contribution in [0.1, 0.15) is 27.3 Å². The molecule has 4 rings (SSSR count). The Bertz CT molecular complexity index is 1270. The summed E-state index contributed by atoms with van der Waals surface area (Å²) in [6.45, 7) is 6.54. The minimum absolute atomic E-state index is 0.215. The van der Waals surface area contributed by atoms with Crippen LogP contribution in [-0.2, 0) is 16.6 Å². The molecule has 2 heterocycles. The van der Waals surface area contributed by atoms with Crippen molar-refractivity contribution in [2.45, 2.75) is 25.3 Å². The number of aryl methyl sites for hydroxylation is 2. The highest BCUT2D eigenvalue weighted by Gasteiger charge is 2.27. The van der Waals surface area contributed by atoms with Crippen molar-refractivity contribution in [3.63, 3.8) is 0 Å². The molecule has 1 aliphatic heterocycles. The fourth-order valence-electron chi connectivity index (χ4n) is 3.86. The number of carbonyl (C=O) groups is 1. The van der Waals surface area contributed by atoms with Crippen molar-refractivity contribution < 1.29 is 13.2 Å². The number of nitrogens with zero attached hydrogens (tertiary/aromatic N) is 4. The number of aromatic nitrogens is 2. The number of nitrogens with one attached hydrogen (secondary N) is 2. The van der Waals surface area contributed by atoms with Gasteiger partial charge >= 0.3 is 0 Å². The van der Waals surface area contributed by atoms with Crippen LogP contribution in [0.15, 0.2) is 59.5 Å². The van der Waals surface area contributed by atoms with Crippen LogP contribution < -0.4 is 10.6 Å². The van der Waals surface area contributed by atoms with Crippen molar-refractivity contribution in [3.05, 3.63) is 77.1 Å². The fourth-order valence-corrected chi connectivity index (χ4v) is 5.28. The minimum Gasteiger partial charge on any atom is -0.348 e. The molecule has 0 aliphatic carbocycles. The van der Waals surface area contributed by atoms with Crippen molar-refractivity contribution in [2.75, 3.05) is 38.5 Å². The Morgan fingerprint density at radius 2 is 1.51 bits per heavy atom. The maximum absolute atomic E-state index is 12.9. The highest BCUT2D eigenvalue weighted by molar-refractivity contribution is 7.89. The molecule has 0 unspecified atom stereocenters. The van der Waals surface area contributed by atoms with E-state index in [4.69, 9.17) is 0 Å². The lowest BCUT2D eigenvalue weighted by atomic mass is 10.1. The third kappa shape index (κ3) is 6.21. The van der Waals surface area contributed by atoms with Crippen LogP contribution in [0.5, 0.6) is 0 Å². The Kier molecular flexibility index (Phi) is 7.44. The smallest absolute Gasteiger partial charge is 0.251 e. The van der Waals surface area contributed by atoms with E-state index in [1.54, 1.807) is 48.5 Å². The molecule has 1 saturated heterocycles. The van der Waals surface area contributed by atoms with Crippen LogP contribution in [0, 0.1) is 13.8 Å². The second-order valence-electron chi connectivity index (χ2n) is 8.71. The monoisotopic (exact) mass is 494 g/mol. The van der Waals surface area contributed by atoms with Crippen molar-refractivity contribution in [3.8, 4) is 0 Å². The first-order chi connectivity index (χ1) is 16.7. The molecule has 1 fully saturated rings. The quantitative estimate of drug-likeness (QED) is 0.520. The van der Waals surface area contributed by atoms with Gasteiger partial charge in [-0.2, -0.15) is 4.31 Å². The summed E-state index contributed by atoms with van der Waals surface area (Å²) in [5.74, 6) is 0.297. The zero-order chi connectivity index (χ0) is 25.0. The van der Waals surface area contributed by atoms with Gasteiger partial charge in [0.05, 0.1) is 4.90 Å². The van der Waals surface area contributed by atoms with Crippen LogP contribution in [0.3, 0.4) is 0 Å². The summed E-state index contributed by atoms with van der Waals surface area (Å²) in [6, 6.07) is 15.6. The molecule has 0 atom stereocenters. The number of sulfonamides is 1. The topological polar surface area (TPSA) is 108 Å². The lowest BCUT2D eigenvalue weighted by molar-refractivity contribution is 0.0951. The molecule has 3 aromatic rings. The number of hydrogen-bond donors (Lipinski definition) is 2. The molecule has 35 heavy (non-hydrogen) atoms. The average Bonchev–Trinajstić information content (AvgIpc) is 2.83. The lowest BCUT2D eigenvalue weighted by Gasteiger charge is -2.31. The summed E-state index contributed by atoms with van der Waals surface area (Å²) in [4.78, 5) is 23.7. The molecule has 184 valence electrons. The van der Waals surface area contributed by atoms with Crippen LogP contribution in [0.2, 0.25) is 0 Å². The molecule has 2 N–H and O–H groups in total. The average molecular weight is 495 g/mol. The Morgan fingerprint density at radius 1 is 0.914 bits per heavy atom. The fraction of sp³-hybridized carbons (Fsp3) is 0.320. The summed E-state index contributed by atoms with van der Waals surface area (Å²) in [5, 5.41) is 6.02. The van der Waals surface area contributed by atoms with E-state index in [0.717, 1.165) is 35.7 Å². The van der Waals surface area contributed by atoms with Crippen LogP contribution in [0.4, 0.5) is 11.6 Å². The molecule has 0 bridgehead atoms. The number of piperazine rings is 1. The molecule has 0 saturated carbocycles. The Morgan fingerprint density at radius 3 is 2.11 bits per heavy atom. The largest absolute Gasteiger partial charge is 0.348 e. The zero-order valence-electron chi connectivity index (χ0n) is 20.2. The summed E-state index contributed by atoms with van der Waals surface area (Å²) in [6.07, 6.45) is 0. The van der Waals surface area contributed by atoms with Gasteiger partial charge in [0.1, 0.15) is 0 Å². The van der Waals surface area contributed by atoms with Gasteiger partial charge in [-0.25, -0.2) is 18.4 Å². The van der Waals surface area contributed by atoms with E-state index in [1.165, 1.54) is 4.31 Å². The number of amides is 1. The van der Waals surface area contributed by atoms with E-state index in [1.807, 2.05) is 27.0 Å². The second-order valence-corrected chi connectivity index (χ2v) is 10.6. The van der Waals surface area contributed by atoms with Crippen LogP contribution in [-0.4, -0.2) is 66.7 Å². The minimum atomic E-state index is -3.50. The number of benzene rings is 2. The van der Waals surface area contributed by atoms with Crippen molar-refractivity contribution in [2.24, 2.45) is 0 Å². The zero-order valence-corrected chi connectivity index (χ0v) is 21.0. The summed E-state index contributed by atoms with van der Waals surface area (Å²) in [5.41, 5.74) is 3.87. The number of rotatable bonds is 7. The van der Waals surface area contributed by atoms with Gasteiger partial charge in [-0.1, -0.05) is 12.1 Å². The third-order valence-corrected chi connectivity index (χ3v) is 7.77. The molecule has 1 aliphatic rings. The first-order valence-electron chi connectivity index (χ1n) is 11.5. The van der Waals surface area contributed by atoms with E-state index in [9.17, 15) is 13.2 Å². The van der Waals surface area contributed by atoms with E-state index >= 15 is 0 Å². The normalized spacial score (nSPS) is 15.1. The van der Waals surface area contributed by atoms with Gasteiger partial charge in [0.25, 0.3) is 5.91 Å². The van der Waals surface area contributed by atoms with Gasteiger partial charge < -0.3 is 15.5 Å². The number of carbonyl (C=O) groups excluding carboxylic acids is 1. The van der Waals surface area contributed by atoms with E-state index < -0.39 is 10.0 Å². The standard InChI is InChI=1S/C25H30N6O3S/c1-18-16-19(2)28-25(27-18)29-22-8-6-21(7-9-22)24(32)26-17-20-4-10-23(11-5-20)35(33,34)31-14-12-30(3)13-15-31/h4-11,16H,12-15,17H2,1-3H3,(H,26,32)(H,27,28,29). The molecule has 2 aromatic carbocycles. The summed E-state index contributed by atoms with van der Waals surface area (Å²) < 4.78 is 27.2. The maximum Gasteiger partial charge on any atom is 0.251 e. The van der Waals surface area contributed by atoms with Gasteiger partial charge in [-0.05, 0) is 68.9 Å². The Hall–Kier alpha value is -3.34. The molecule has 1 aromatic heterocycles. The predicted molar refractivity (Wildman–Crippen MR) is 135 cm³/mol. The highest BCUT2D eigenvalue weighted by Crippen LogP contribution is 2.19. The number of hydrogen-bond acceptors (Lipinski definition) is 7. The molecule has 0 spiro atoms. The second kappa shape index (κ2) is 10.5. The maximum atomic E-state index is 12.9. The van der Waals surface area contributed by atoms with Crippen molar-refractivity contribution in [1.82, 2.24) is 24.5 Å². The highest BCUT2D eigenvalue weighted by atomic mass is 32.2. The summed E-state index contributed by atoms with van der Waals surface area (Å²) >= 11 is 0. The first kappa shape index (κ1) is 24.8. The number of likely N-dealkylation sites (N-methyl/N-ethyl adjacent to an activating group) is 1. The predicted octanol–water partition coefficient (Wildman–Crippen LogP) is 2.70. The van der Waals surface area contributed by atoms with Gasteiger partial charge in [-0.15, -0.1) is 0 Å². The van der Waals surface area contributed by atoms with E-state index in [-0.39, 0.29) is 10.8 Å². The molecule has 9 nitrogen and oxygen atoms in total. The molecular weight excluding hydrogens is 464 g/mol. The van der Waals surface area contributed by atoms with Crippen molar-refractivity contribution >= 4 is 27.6 Å². The van der Waals surface area contributed by atoms with Crippen LogP contribution in [0.25, 0.3) is 0 Å². The van der Waals surface area contributed by atoms with Crippen molar-refractivity contribution in [1.29, 1.82) is 0 Å². The number of anilines is 2. The molecule has 0 radical (unpaired) electrons. The van der Waals surface area contributed by atoms with Crippen LogP contribution >= 0.6 is 0 Å². The van der Waals surface area contributed by atoms with Gasteiger partial charge in [0.15, 0.2) is 0 Å². The molecule has 1 amide bonds. The Balaban J connectivity index is 1.32. The Labute approximate surface area is 206 Å². The molecular formula is C25H30N6O3S. The van der Waals surface area contributed by atoms with E-state index in [2.05, 4.69) is 25.5 Å².